The zero-order valence-corrected chi connectivity index (χ0v) is 5.22. The second-order valence-corrected chi connectivity index (χ2v) is 1.49. The molecule has 0 heterocycles. The molecule has 0 aromatic carbocycles. The van der Waals surface area contributed by atoms with Crippen LogP contribution >= 0.6 is 0 Å². The Morgan fingerprint density at radius 3 is 2.75 bits per heavy atom. The molecule has 0 rings (SSSR count). The number of hydrogen-bond donors (Lipinski definition) is 2. The molecule has 0 saturated heterocycles. The third-order valence-corrected chi connectivity index (χ3v) is 0.776. The molecule has 48 valence electrons. The third kappa shape index (κ3) is 5.66. The maximum atomic E-state index is 8.22. The highest BCUT2D eigenvalue weighted by atomic mass is 16.3. The normalized spacial score (nSPS) is 10.8. The first-order valence-corrected chi connectivity index (χ1v) is 2.88. The average molecular weight is 115 g/mol. The second-order valence-electron chi connectivity index (χ2n) is 1.49. The molecule has 0 unspecified atom stereocenters. The summed E-state index contributed by atoms with van der Waals surface area (Å²) in [5, 5.41) is 11.0. The molecular formula is C6H13NO. The maximum absolute atomic E-state index is 8.22. The Balaban J connectivity index is 2.80. The van der Waals surface area contributed by atoms with Gasteiger partial charge in [-0.05, 0) is 6.42 Å². The van der Waals surface area contributed by atoms with E-state index >= 15 is 0 Å². The minimum atomic E-state index is 0.0635. The predicted octanol–water partition coefficient (Wildman–Crippen LogP) is 0.492. The van der Waals surface area contributed by atoms with Crippen molar-refractivity contribution < 1.29 is 5.11 Å². The Bertz CT molecular complexity index is 61.5. The molecule has 0 aliphatic rings. The van der Waals surface area contributed by atoms with Crippen LogP contribution in [0.3, 0.4) is 0 Å². The van der Waals surface area contributed by atoms with Crippen molar-refractivity contribution in [2.75, 3.05) is 13.3 Å². The van der Waals surface area contributed by atoms with E-state index in [0.717, 1.165) is 13.0 Å². The van der Waals surface area contributed by atoms with Crippen LogP contribution in [0.1, 0.15) is 13.3 Å². The van der Waals surface area contributed by atoms with Gasteiger partial charge in [0.25, 0.3) is 0 Å². The van der Waals surface area contributed by atoms with Crippen molar-refractivity contribution in [3.05, 3.63) is 12.2 Å². The number of aliphatic hydroxyl groups is 1. The van der Waals surface area contributed by atoms with E-state index in [-0.39, 0.29) is 6.73 Å². The topological polar surface area (TPSA) is 32.3 Å². The third-order valence-electron chi connectivity index (χ3n) is 0.776. The van der Waals surface area contributed by atoms with Gasteiger partial charge in [-0.2, -0.15) is 0 Å². The summed E-state index contributed by atoms with van der Waals surface area (Å²) in [6.07, 6.45) is 5.12. The van der Waals surface area contributed by atoms with Crippen molar-refractivity contribution in [2.24, 2.45) is 0 Å². The summed E-state index contributed by atoms with van der Waals surface area (Å²) >= 11 is 0. The van der Waals surface area contributed by atoms with Gasteiger partial charge in [-0.3, -0.25) is 5.32 Å². The van der Waals surface area contributed by atoms with E-state index in [9.17, 15) is 0 Å². The monoisotopic (exact) mass is 115 g/mol. The zero-order valence-electron chi connectivity index (χ0n) is 5.22. The molecule has 0 radical (unpaired) electrons. The van der Waals surface area contributed by atoms with Crippen LogP contribution in [0.5, 0.6) is 0 Å². The number of hydrogen-bond acceptors (Lipinski definition) is 2. The molecule has 0 spiro atoms. The van der Waals surface area contributed by atoms with Crippen LogP contribution < -0.4 is 5.32 Å². The maximum Gasteiger partial charge on any atom is 0.0933 e. The number of nitrogens with one attached hydrogen (secondary N) is 1. The molecule has 0 aromatic heterocycles. The molecule has 0 atom stereocenters. The first-order valence-electron chi connectivity index (χ1n) is 2.88. The highest BCUT2D eigenvalue weighted by molar-refractivity contribution is 4.81. The molecular weight excluding hydrogens is 102 g/mol. The van der Waals surface area contributed by atoms with Gasteiger partial charge >= 0.3 is 0 Å². The van der Waals surface area contributed by atoms with E-state index in [1.54, 1.807) is 0 Å². The Morgan fingerprint density at radius 1 is 1.50 bits per heavy atom. The van der Waals surface area contributed by atoms with Gasteiger partial charge in [0, 0.05) is 6.54 Å². The Hall–Kier alpha value is -0.340. The van der Waals surface area contributed by atoms with Crippen LogP contribution in [-0.4, -0.2) is 18.4 Å². The molecule has 0 aromatic rings. The van der Waals surface area contributed by atoms with E-state index in [2.05, 4.69) is 18.3 Å². The first-order chi connectivity index (χ1) is 3.91. The molecule has 2 N–H and O–H groups in total. The number of aliphatic hydroxyl groups excluding tert-OH is 1. The lowest BCUT2D eigenvalue weighted by molar-refractivity contribution is 0.267. The molecule has 2 nitrogen and oxygen atoms in total. The van der Waals surface area contributed by atoms with E-state index in [4.69, 9.17) is 5.11 Å². The van der Waals surface area contributed by atoms with Gasteiger partial charge in [-0.1, -0.05) is 19.1 Å². The Morgan fingerprint density at radius 2 is 2.25 bits per heavy atom. The fourth-order valence-corrected chi connectivity index (χ4v) is 0.398. The highest BCUT2D eigenvalue weighted by Crippen LogP contribution is 1.75. The largest absolute Gasteiger partial charge is 0.381 e. The summed E-state index contributed by atoms with van der Waals surface area (Å²) in [7, 11) is 0. The quantitative estimate of drug-likeness (QED) is 0.317. The minimum Gasteiger partial charge on any atom is -0.381 e. The molecule has 0 aliphatic carbocycles. The van der Waals surface area contributed by atoms with Crippen LogP contribution in [-0.2, 0) is 0 Å². The lowest BCUT2D eigenvalue weighted by atomic mass is 10.4. The fraction of sp³-hybridized carbons (Fsp3) is 0.667. The van der Waals surface area contributed by atoms with Crippen molar-refractivity contribution in [1.82, 2.24) is 5.32 Å². The smallest absolute Gasteiger partial charge is 0.0933 e. The van der Waals surface area contributed by atoms with Crippen molar-refractivity contribution in [3.8, 4) is 0 Å². The van der Waals surface area contributed by atoms with Gasteiger partial charge in [-0.15, -0.1) is 0 Å². The minimum absolute atomic E-state index is 0.0635. The van der Waals surface area contributed by atoms with Gasteiger partial charge in [0.05, 0.1) is 6.73 Å². The van der Waals surface area contributed by atoms with E-state index in [1.807, 2.05) is 6.08 Å². The van der Waals surface area contributed by atoms with Gasteiger partial charge in [0.1, 0.15) is 0 Å². The van der Waals surface area contributed by atoms with Crippen molar-refractivity contribution in [2.45, 2.75) is 13.3 Å². The first kappa shape index (κ1) is 7.66. The van der Waals surface area contributed by atoms with Crippen LogP contribution in [0.25, 0.3) is 0 Å². The van der Waals surface area contributed by atoms with Crippen LogP contribution in [0.2, 0.25) is 0 Å². The summed E-state index contributed by atoms with van der Waals surface area (Å²) in [5.74, 6) is 0. The fourth-order valence-electron chi connectivity index (χ4n) is 0.398. The number of allylic oxidation sites excluding steroid dienone is 1. The summed E-state index contributed by atoms with van der Waals surface area (Å²) in [4.78, 5) is 0. The van der Waals surface area contributed by atoms with Crippen LogP contribution in [0.15, 0.2) is 12.2 Å². The van der Waals surface area contributed by atoms with Crippen molar-refractivity contribution in [1.29, 1.82) is 0 Å². The van der Waals surface area contributed by atoms with Gasteiger partial charge in [-0.25, -0.2) is 0 Å². The molecule has 2 heteroatoms. The molecule has 0 saturated carbocycles. The summed E-state index contributed by atoms with van der Waals surface area (Å²) in [6.45, 7) is 2.91. The van der Waals surface area contributed by atoms with E-state index in [1.165, 1.54) is 0 Å². The summed E-state index contributed by atoms with van der Waals surface area (Å²) in [5.41, 5.74) is 0. The van der Waals surface area contributed by atoms with Gasteiger partial charge in [0.15, 0.2) is 0 Å². The highest BCUT2D eigenvalue weighted by Gasteiger charge is 1.71. The molecule has 0 amide bonds. The van der Waals surface area contributed by atoms with Crippen LogP contribution in [0, 0.1) is 0 Å². The van der Waals surface area contributed by atoms with Crippen molar-refractivity contribution in [3.63, 3.8) is 0 Å². The van der Waals surface area contributed by atoms with Crippen LogP contribution in [0.4, 0.5) is 0 Å². The average Bonchev–Trinajstić information content (AvgIpc) is 1.81. The van der Waals surface area contributed by atoms with E-state index in [0.29, 0.717) is 0 Å². The summed E-state index contributed by atoms with van der Waals surface area (Å²) < 4.78 is 0. The molecule has 0 bridgehead atoms. The SMILES string of the molecule is CCC=CCNCO. The molecule has 8 heavy (non-hydrogen) atoms. The lowest BCUT2D eigenvalue weighted by Crippen LogP contribution is -2.13. The van der Waals surface area contributed by atoms with Crippen molar-refractivity contribution >= 4 is 0 Å². The van der Waals surface area contributed by atoms with Gasteiger partial charge < -0.3 is 5.11 Å². The molecule has 0 fully saturated rings. The number of rotatable bonds is 4. The Labute approximate surface area is 50.2 Å². The summed E-state index contributed by atoms with van der Waals surface area (Å²) in [6, 6.07) is 0. The Kier molecular flexibility index (Phi) is 6.38. The lowest BCUT2D eigenvalue weighted by Gasteiger charge is -1.90. The zero-order chi connectivity index (χ0) is 6.24. The van der Waals surface area contributed by atoms with E-state index < -0.39 is 0 Å². The second kappa shape index (κ2) is 6.66. The molecule has 0 aliphatic heterocycles. The predicted molar refractivity (Wildman–Crippen MR) is 34.5 cm³/mol. The van der Waals surface area contributed by atoms with Gasteiger partial charge in [0.2, 0.25) is 0 Å². The standard InChI is InChI=1S/C6H13NO/c1-2-3-4-5-7-6-8/h3-4,7-8H,2,5-6H2,1H3.